The van der Waals surface area contributed by atoms with Crippen LogP contribution >= 0.6 is 31.9 Å². The number of hydrogen-bond donors (Lipinski definition) is 2. The molecule has 0 aliphatic carbocycles. The average molecular weight is 735 g/mol. The van der Waals surface area contributed by atoms with Gasteiger partial charge in [-0.25, -0.2) is 15.0 Å². The molecule has 2 rings (SSSR count). The Kier molecular flexibility index (Phi) is 22.8. The number of nitrogens with one attached hydrogen (secondary N) is 1. The van der Waals surface area contributed by atoms with Gasteiger partial charge in [0.1, 0.15) is 6.10 Å². The molecule has 0 saturated carbocycles. The van der Waals surface area contributed by atoms with Gasteiger partial charge in [-0.3, -0.25) is 4.79 Å². The summed E-state index contributed by atoms with van der Waals surface area (Å²) in [7, 11) is 5.74. The molecular formula is C30H50Br2N6O5. The molecule has 0 spiro atoms. The number of H-pyrrole nitrogens is 1. The predicted octanol–water partition coefficient (Wildman–Crippen LogP) is 6.11. The van der Waals surface area contributed by atoms with Crippen LogP contribution in [0.3, 0.4) is 0 Å². The Hall–Kier alpha value is -2.32. The highest BCUT2D eigenvalue weighted by molar-refractivity contribution is 9.10. The van der Waals surface area contributed by atoms with Gasteiger partial charge >= 0.3 is 0 Å². The molecule has 0 fully saturated rings. The minimum absolute atomic E-state index is 0.0460. The van der Waals surface area contributed by atoms with E-state index in [1.54, 1.807) is 31.9 Å². The highest BCUT2D eigenvalue weighted by Crippen LogP contribution is 2.30. The predicted molar refractivity (Wildman–Crippen MR) is 184 cm³/mol. The summed E-state index contributed by atoms with van der Waals surface area (Å²) in [5.74, 6) is 0.577. The molecule has 0 saturated heterocycles. The molecule has 43 heavy (non-hydrogen) atoms. The number of aliphatic hydroxyl groups is 1. The van der Waals surface area contributed by atoms with Crippen LogP contribution in [-0.4, -0.2) is 104 Å². The van der Waals surface area contributed by atoms with Crippen molar-refractivity contribution in [3.05, 3.63) is 43.3 Å². The molecule has 2 N–H and O–H groups in total. The van der Waals surface area contributed by atoms with Crippen molar-refractivity contribution in [2.45, 2.75) is 66.6 Å². The van der Waals surface area contributed by atoms with Gasteiger partial charge in [0.15, 0.2) is 0 Å². The van der Waals surface area contributed by atoms with Crippen LogP contribution in [-0.2, 0) is 9.47 Å². The summed E-state index contributed by atoms with van der Waals surface area (Å²) in [5.41, 5.74) is 2.22. The summed E-state index contributed by atoms with van der Waals surface area (Å²) in [4.78, 5) is 30.4. The summed E-state index contributed by atoms with van der Waals surface area (Å²) in [6.07, 6.45) is 6.70. The molecule has 0 aliphatic rings. The zero-order valence-corrected chi connectivity index (χ0v) is 30.2. The van der Waals surface area contributed by atoms with Crippen LogP contribution in [0.1, 0.15) is 53.2 Å². The molecule has 0 radical (unpaired) electrons. The number of aromatic nitrogens is 2. The third-order valence-electron chi connectivity index (χ3n) is 5.00. The van der Waals surface area contributed by atoms with Crippen molar-refractivity contribution in [3.8, 4) is 5.88 Å². The molecule has 2 heterocycles. The minimum atomic E-state index is -0.318. The number of aliphatic imine (C=N–C) groups is 2. The Bertz CT molecular complexity index is 1140. The maximum absolute atomic E-state index is 10.9. The first kappa shape index (κ1) is 40.7. The quantitative estimate of drug-likeness (QED) is 0.128. The van der Waals surface area contributed by atoms with E-state index in [0.717, 1.165) is 48.5 Å². The van der Waals surface area contributed by atoms with E-state index < -0.39 is 0 Å². The standard InChI is InChI=1S/C16H26BrN3O2.C8H10BrN3O.C6H14O2/c1-6-8-21-10-12(3)22-16-14(17)9-15(13(4)19-16)18-11-20(5)7-2;1-12(2)5-11-6-3-7(9)8(13)10-4-6;1-3-4-8-5-6(2)7/h9,11-12H,6-8,10H2,1-5H3;3-5H,1-2H3,(H,10,13);6-7H,3-5H2,1-2H3. The van der Waals surface area contributed by atoms with Gasteiger partial charge in [-0.2, -0.15) is 0 Å². The van der Waals surface area contributed by atoms with Crippen LogP contribution in [0.4, 0.5) is 11.4 Å². The molecule has 2 aromatic rings. The van der Waals surface area contributed by atoms with Crippen LogP contribution in [0.15, 0.2) is 42.1 Å². The first-order valence-corrected chi connectivity index (χ1v) is 15.9. The molecule has 0 aliphatic heterocycles. The number of pyridine rings is 2. The molecule has 2 aromatic heterocycles. The highest BCUT2D eigenvalue weighted by atomic mass is 79.9. The number of aliphatic hydroxyl groups excluding tert-OH is 1. The third-order valence-corrected chi connectivity index (χ3v) is 6.16. The summed E-state index contributed by atoms with van der Waals surface area (Å²) in [6, 6.07) is 3.59. The largest absolute Gasteiger partial charge is 0.471 e. The number of halogens is 2. The van der Waals surface area contributed by atoms with Crippen molar-refractivity contribution in [2.24, 2.45) is 9.98 Å². The van der Waals surface area contributed by atoms with Gasteiger partial charge in [-0.15, -0.1) is 0 Å². The van der Waals surface area contributed by atoms with E-state index in [2.05, 4.69) is 65.7 Å². The van der Waals surface area contributed by atoms with E-state index in [0.29, 0.717) is 29.3 Å². The summed E-state index contributed by atoms with van der Waals surface area (Å²) >= 11 is 6.62. The van der Waals surface area contributed by atoms with Crippen molar-refractivity contribution < 1.29 is 19.3 Å². The van der Waals surface area contributed by atoms with Gasteiger partial charge in [-0.1, -0.05) is 13.8 Å². The van der Waals surface area contributed by atoms with Crippen LogP contribution in [0.5, 0.6) is 5.88 Å². The molecule has 2 unspecified atom stereocenters. The summed E-state index contributed by atoms with van der Waals surface area (Å²) < 4.78 is 17.6. The van der Waals surface area contributed by atoms with Gasteiger partial charge in [-0.05, 0) is 84.5 Å². The lowest BCUT2D eigenvalue weighted by Gasteiger charge is -2.16. The summed E-state index contributed by atoms with van der Waals surface area (Å²) in [6.45, 7) is 15.3. The molecule has 0 aromatic carbocycles. The Morgan fingerprint density at radius 2 is 1.63 bits per heavy atom. The van der Waals surface area contributed by atoms with Gasteiger partial charge in [0.2, 0.25) is 5.88 Å². The van der Waals surface area contributed by atoms with Gasteiger partial charge in [0, 0.05) is 47.1 Å². The number of ether oxygens (including phenoxy) is 3. The lowest BCUT2D eigenvalue weighted by Crippen LogP contribution is -2.20. The molecule has 0 bridgehead atoms. The van der Waals surface area contributed by atoms with Crippen LogP contribution < -0.4 is 10.3 Å². The monoisotopic (exact) mass is 732 g/mol. The number of rotatable bonds is 15. The maximum Gasteiger partial charge on any atom is 0.262 e. The lowest BCUT2D eigenvalue weighted by molar-refractivity contribution is 0.0466. The second kappa shape index (κ2) is 24.1. The first-order valence-electron chi connectivity index (χ1n) is 14.3. The zero-order chi connectivity index (χ0) is 32.8. The fraction of sp³-hybridized carbons (Fsp3) is 0.600. The Labute approximate surface area is 274 Å². The fourth-order valence-corrected chi connectivity index (χ4v) is 3.47. The van der Waals surface area contributed by atoms with E-state index in [9.17, 15) is 4.79 Å². The van der Waals surface area contributed by atoms with E-state index >= 15 is 0 Å². The molecule has 244 valence electrons. The SMILES string of the molecule is CCCOCC(C)O.CCCOCC(C)Oc1nc(C)c(N=CN(C)CC)cc1Br.CN(C)C=Nc1c[nH]c(=O)c(Br)c1. The summed E-state index contributed by atoms with van der Waals surface area (Å²) in [5, 5.41) is 8.65. The third kappa shape index (κ3) is 20.3. The van der Waals surface area contributed by atoms with Crippen molar-refractivity contribution in [3.63, 3.8) is 0 Å². The molecule has 2 atom stereocenters. The van der Waals surface area contributed by atoms with E-state index in [1.165, 1.54) is 0 Å². The van der Waals surface area contributed by atoms with Gasteiger partial charge in [0.05, 0.1) is 58.0 Å². The number of aromatic amines is 1. The van der Waals surface area contributed by atoms with E-state index in [1.807, 2.05) is 57.8 Å². The second-order valence-electron chi connectivity index (χ2n) is 9.87. The number of nitrogens with zero attached hydrogens (tertiary/aromatic N) is 5. The van der Waals surface area contributed by atoms with Gasteiger partial charge < -0.3 is 34.1 Å². The van der Waals surface area contributed by atoms with Crippen LogP contribution in [0.25, 0.3) is 0 Å². The molecular weight excluding hydrogens is 684 g/mol. The minimum Gasteiger partial charge on any atom is -0.471 e. The second-order valence-corrected chi connectivity index (χ2v) is 11.6. The first-order chi connectivity index (χ1) is 20.3. The number of aryl methyl sites for hydroxylation is 1. The molecule has 11 nitrogen and oxygen atoms in total. The topological polar surface area (TPSA) is 125 Å². The maximum atomic E-state index is 10.9. The normalized spacial score (nSPS) is 12.3. The van der Waals surface area contributed by atoms with E-state index in [4.69, 9.17) is 19.3 Å². The number of hydrogen-bond acceptors (Lipinski definition) is 8. The smallest absolute Gasteiger partial charge is 0.262 e. The van der Waals surface area contributed by atoms with Crippen LogP contribution in [0, 0.1) is 6.92 Å². The average Bonchev–Trinajstić information content (AvgIpc) is 2.95. The van der Waals surface area contributed by atoms with Crippen molar-refractivity contribution in [2.75, 3.05) is 54.1 Å². The Balaban J connectivity index is 0.000000706. The van der Waals surface area contributed by atoms with Crippen molar-refractivity contribution >= 4 is 55.9 Å². The van der Waals surface area contributed by atoms with Crippen molar-refractivity contribution in [1.82, 2.24) is 19.8 Å². The molecule has 13 heteroatoms. The van der Waals surface area contributed by atoms with Crippen LogP contribution in [0.2, 0.25) is 0 Å². The van der Waals surface area contributed by atoms with E-state index in [-0.39, 0.29) is 17.8 Å². The Morgan fingerprint density at radius 3 is 2.16 bits per heavy atom. The van der Waals surface area contributed by atoms with Crippen molar-refractivity contribution in [1.29, 1.82) is 0 Å². The fourth-order valence-electron chi connectivity index (χ4n) is 2.72. The highest BCUT2D eigenvalue weighted by Gasteiger charge is 2.12. The molecule has 0 amide bonds. The zero-order valence-electron chi connectivity index (χ0n) is 27.1. The van der Waals surface area contributed by atoms with Gasteiger partial charge in [0.25, 0.3) is 5.56 Å². The Morgan fingerprint density at radius 1 is 1.00 bits per heavy atom. The lowest BCUT2D eigenvalue weighted by atomic mass is 10.3.